The molecule has 110 valence electrons. The van der Waals surface area contributed by atoms with E-state index in [4.69, 9.17) is 0 Å². The number of amides is 1. The summed E-state index contributed by atoms with van der Waals surface area (Å²) in [6.45, 7) is 0. The van der Waals surface area contributed by atoms with Gasteiger partial charge < -0.3 is 5.32 Å². The molecular formula is C15H10BrFN4O. The summed E-state index contributed by atoms with van der Waals surface area (Å²) >= 11 is 3.16. The second-order valence-corrected chi connectivity index (χ2v) is 5.40. The van der Waals surface area contributed by atoms with E-state index in [1.165, 1.54) is 12.1 Å². The largest absolute Gasteiger partial charge is 0.318 e. The van der Waals surface area contributed by atoms with Crippen molar-refractivity contribution in [3.63, 3.8) is 0 Å². The van der Waals surface area contributed by atoms with Gasteiger partial charge in [-0.15, -0.1) is 0 Å². The number of carbonyl (C=O) groups excluding carboxylic acids is 1. The molecule has 3 rings (SSSR count). The third kappa shape index (κ3) is 3.04. The summed E-state index contributed by atoms with van der Waals surface area (Å²) in [5.74, 6) is -0.987. The highest BCUT2D eigenvalue weighted by Gasteiger charge is 2.13. The lowest BCUT2D eigenvalue weighted by atomic mass is 10.2. The zero-order valence-electron chi connectivity index (χ0n) is 11.2. The first-order valence-electron chi connectivity index (χ1n) is 6.36. The predicted molar refractivity (Wildman–Crippen MR) is 83.9 cm³/mol. The van der Waals surface area contributed by atoms with Crippen LogP contribution >= 0.6 is 15.9 Å². The summed E-state index contributed by atoms with van der Waals surface area (Å²) in [6.07, 6.45) is 3.30. The zero-order valence-corrected chi connectivity index (χ0v) is 12.8. The first-order chi connectivity index (χ1) is 10.6. The molecule has 0 aliphatic heterocycles. The fourth-order valence-electron chi connectivity index (χ4n) is 1.88. The van der Waals surface area contributed by atoms with Crippen LogP contribution in [0.1, 0.15) is 10.5 Å². The molecule has 0 aliphatic rings. The summed E-state index contributed by atoms with van der Waals surface area (Å²) in [7, 11) is 0. The molecule has 1 amide bonds. The summed E-state index contributed by atoms with van der Waals surface area (Å²) in [5, 5.41) is 9.19. The lowest BCUT2D eigenvalue weighted by Gasteiger charge is -2.04. The van der Waals surface area contributed by atoms with E-state index in [-0.39, 0.29) is 11.4 Å². The molecule has 2 heterocycles. The SMILES string of the molecule is O=C(Nc1ccc(Br)cc1F)c1cc(-c2cccnc2)n[nH]1. The number of nitrogens with zero attached hydrogens (tertiary/aromatic N) is 2. The Kier molecular flexibility index (Phi) is 3.97. The highest BCUT2D eigenvalue weighted by atomic mass is 79.9. The molecule has 0 spiro atoms. The van der Waals surface area contributed by atoms with E-state index in [2.05, 4.69) is 36.4 Å². The van der Waals surface area contributed by atoms with Gasteiger partial charge in [0.05, 0.1) is 11.4 Å². The number of H-pyrrole nitrogens is 1. The highest BCUT2D eigenvalue weighted by Crippen LogP contribution is 2.21. The van der Waals surface area contributed by atoms with Crippen LogP contribution in [-0.4, -0.2) is 21.1 Å². The Morgan fingerprint density at radius 1 is 1.27 bits per heavy atom. The van der Waals surface area contributed by atoms with Crippen LogP contribution in [0, 0.1) is 5.82 Å². The molecule has 0 aliphatic carbocycles. The van der Waals surface area contributed by atoms with Crippen LogP contribution in [0.2, 0.25) is 0 Å². The quantitative estimate of drug-likeness (QED) is 0.749. The number of pyridine rings is 1. The van der Waals surface area contributed by atoms with Crippen molar-refractivity contribution in [2.24, 2.45) is 0 Å². The van der Waals surface area contributed by atoms with Gasteiger partial charge in [-0.05, 0) is 36.4 Å². The summed E-state index contributed by atoms with van der Waals surface area (Å²) in [5.41, 5.74) is 1.72. The summed E-state index contributed by atoms with van der Waals surface area (Å²) < 4.78 is 14.3. The Hall–Kier alpha value is -2.54. The van der Waals surface area contributed by atoms with Crippen molar-refractivity contribution in [2.75, 3.05) is 5.32 Å². The van der Waals surface area contributed by atoms with E-state index in [1.54, 1.807) is 30.6 Å². The van der Waals surface area contributed by atoms with Crippen LogP contribution in [-0.2, 0) is 0 Å². The highest BCUT2D eigenvalue weighted by molar-refractivity contribution is 9.10. The van der Waals surface area contributed by atoms with Crippen molar-refractivity contribution in [1.29, 1.82) is 0 Å². The van der Waals surface area contributed by atoms with E-state index < -0.39 is 11.7 Å². The maximum atomic E-state index is 13.7. The molecule has 0 unspecified atom stereocenters. The van der Waals surface area contributed by atoms with Gasteiger partial charge in [0.15, 0.2) is 0 Å². The standard InChI is InChI=1S/C15H10BrFN4O/c16-10-3-4-12(11(17)6-10)19-15(22)14-7-13(20-21-14)9-2-1-5-18-8-9/h1-8H,(H,19,22)(H,20,21). The molecule has 5 nitrogen and oxygen atoms in total. The first-order valence-corrected chi connectivity index (χ1v) is 7.15. The first kappa shape index (κ1) is 14.4. The number of carbonyl (C=O) groups is 1. The number of benzene rings is 1. The van der Waals surface area contributed by atoms with Gasteiger partial charge in [-0.1, -0.05) is 15.9 Å². The summed E-state index contributed by atoms with van der Waals surface area (Å²) in [6, 6.07) is 9.61. The number of anilines is 1. The Balaban J connectivity index is 1.80. The lowest BCUT2D eigenvalue weighted by molar-refractivity contribution is 0.102. The number of hydrogen-bond acceptors (Lipinski definition) is 3. The normalized spacial score (nSPS) is 10.5. The van der Waals surface area contributed by atoms with Gasteiger partial charge in [0.25, 0.3) is 5.91 Å². The van der Waals surface area contributed by atoms with Gasteiger partial charge in [-0.3, -0.25) is 14.9 Å². The molecule has 22 heavy (non-hydrogen) atoms. The molecule has 0 fully saturated rings. The van der Waals surface area contributed by atoms with Gasteiger partial charge in [-0.2, -0.15) is 5.10 Å². The molecule has 2 N–H and O–H groups in total. The number of nitrogens with one attached hydrogen (secondary N) is 2. The van der Waals surface area contributed by atoms with Crippen LogP contribution in [0.15, 0.2) is 53.3 Å². The van der Waals surface area contributed by atoms with Gasteiger partial charge in [0.1, 0.15) is 11.5 Å². The van der Waals surface area contributed by atoms with Gasteiger partial charge in [0, 0.05) is 22.4 Å². The number of aromatic nitrogens is 3. The van der Waals surface area contributed by atoms with Gasteiger partial charge in [0.2, 0.25) is 0 Å². The smallest absolute Gasteiger partial charge is 0.273 e. The Labute approximate surface area is 133 Å². The molecule has 3 aromatic rings. The van der Waals surface area contributed by atoms with E-state index in [1.807, 2.05) is 6.07 Å². The zero-order chi connectivity index (χ0) is 15.5. The second kappa shape index (κ2) is 6.07. The van der Waals surface area contributed by atoms with Crippen molar-refractivity contribution >= 4 is 27.5 Å². The molecule has 7 heteroatoms. The Morgan fingerprint density at radius 2 is 2.14 bits per heavy atom. The average Bonchev–Trinajstić information content (AvgIpc) is 3.01. The van der Waals surface area contributed by atoms with Gasteiger partial charge in [-0.25, -0.2) is 4.39 Å². The van der Waals surface area contributed by atoms with E-state index in [0.717, 1.165) is 5.56 Å². The van der Waals surface area contributed by atoms with Crippen molar-refractivity contribution in [2.45, 2.75) is 0 Å². The summed E-state index contributed by atoms with van der Waals surface area (Å²) in [4.78, 5) is 16.1. The topological polar surface area (TPSA) is 70.7 Å². The minimum absolute atomic E-state index is 0.103. The maximum Gasteiger partial charge on any atom is 0.273 e. The van der Waals surface area contributed by atoms with Crippen molar-refractivity contribution in [3.05, 3.63) is 64.8 Å². The molecule has 0 saturated heterocycles. The lowest BCUT2D eigenvalue weighted by Crippen LogP contribution is -2.13. The number of halogens is 2. The van der Waals surface area contributed by atoms with Crippen LogP contribution in [0.5, 0.6) is 0 Å². The van der Waals surface area contributed by atoms with Crippen LogP contribution in [0.3, 0.4) is 0 Å². The number of rotatable bonds is 3. The minimum Gasteiger partial charge on any atom is -0.318 e. The molecular weight excluding hydrogens is 351 g/mol. The van der Waals surface area contributed by atoms with Crippen LogP contribution in [0.25, 0.3) is 11.3 Å². The predicted octanol–water partition coefficient (Wildman–Crippen LogP) is 3.63. The van der Waals surface area contributed by atoms with E-state index >= 15 is 0 Å². The van der Waals surface area contributed by atoms with Crippen LogP contribution in [0.4, 0.5) is 10.1 Å². The third-order valence-corrected chi connectivity index (χ3v) is 3.45. The molecule has 0 saturated carbocycles. The third-order valence-electron chi connectivity index (χ3n) is 2.96. The van der Waals surface area contributed by atoms with Crippen molar-refractivity contribution in [3.8, 4) is 11.3 Å². The van der Waals surface area contributed by atoms with E-state index in [0.29, 0.717) is 10.2 Å². The molecule has 1 aromatic carbocycles. The molecule has 2 aromatic heterocycles. The fraction of sp³-hybridized carbons (Fsp3) is 0. The van der Waals surface area contributed by atoms with Crippen LogP contribution < -0.4 is 5.32 Å². The second-order valence-electron chi connectivity index (χ2n) is 4.49. The maximum absolute atomic E-state index is 13.7. The van der Waals surface area contributed by atoms with Crippen molar-refractivity contribution < 1.29 is 9.18 Å². The average molecular weight is 361 g/mol. The Bertz CT molecular complexity index is 819. The minimum atomic E-state index is -0.519. The van der Waals surface area contributed by atoms with Gasteiger partial charge >= 0.3 is 0 Å². The number of aromatic amines is 1. The Morgan fingerprint density at radius 3 is 2.86 bits per heavy atom. The molecule has 0 bridgehead atoms. The fourth-order valence-corrected chi connectivity index (χ4v) is 2.21. The molecule has 0 radical (unpaired) electrons. The van der Waals surface area contributed by atoms with Crippen molar-refractivity contribution in [1.82, 2.24) is 15.2 Å². The van der Waals surface area contributed by atoms with E-state index in [9.17, 15) is 9.18 Å². The monoisotopic (exact) mass is 360 g/mol. The molecule has 0 atom stereocenters. The number of hydrogen-bond donors (Lipinski definition) is 2.